The van der Waals surface area contributed by atoms with E-state index >= 15 is 0 Å². The second-order valence-corrected chi connectivity index (χ2v) is 10.7. The molecule has 1 heterocycles. The molecule has 2 unspecified atom stereocenters. The number of rotatable bonds is 2. The van der Waals surface area contributed by atoms with E-state index in [1.165, 1.54) is 12.8 Å². The first-order chi connectivity index (χ1) is 13.8. The van der Waals surface area contributed by atoms with E-state index in [2.05, 4.69) is 33.1 Å². The van der Waals surface area contributed by atoms with Crippen molar-refractivity contribution in [2.75, 3.05) is 6.61 Å². The van der Waals surface area contributed by atoms with Gasteiger partial charge in [-0.3, -0.25) is 4.79 Å². The number of fused-ring (bicyclic) bond motifs is 5. The van der Waals surface area contributed by atoms with E-state index in [1.54, 1.807) is 5.57 Å². The lowest BCUT2D eigenvalue weighted by molar-refractivity contribution is -0.195. The zero-order valence-corrected chi connectivity index (χ0v) is 18.2. The quantitative estimate of drug-likeness (QED) is 0.439. The normalized spacial score (nSPS) is 47.3. The molecule has 5 rings (SSSR count). The molecule has 3 nitrogen and oxygen atoms in total. The number of carbonyl (C=O) groups excluding carboxylic acids is 1. The minimum absolute atomic E-state index is 0.00395. The number of hydrogen-bond acceptors (Lipinski definition) is 3. The topological polar surface area (TPSA) is 35.5 Å². The summed E-state index contributed by atoms with van der Waals surface area (Å²) in [6.45, 7) is 13.9. The molecule has 0 bridgehead atoms. The molecule has 0 aromatic carbocycles. The van der Waals surface area contributed by atoms with Crippen LogP contribution in [0.3, 0.4) is 0 Å². The number of carbonyl (C=O) groups is 1. The average Bonchev–Trinajstić information content (AvgIpc) is 2.89. The van der Waals surface area contributed by atoms with Crippen molar-refractivity contribution in [2.45, 2.75) is 84.0 Å². The summed E-state index contributed by atoms with van der Waals surface area (Å²) >= 11 is 0. The van der Waals surface area contributed by atoms with Gasteiger partial charge in [-0.05, 0) is 80.6 Å². The smallest absolute Gasteiger partial charge is 0.169 e. The van der Waals surface area contributed by atoms with Crippen LogP contribution >= 0.6 is 0 Å². The van der Waals surface area contributed by atoms with Gasteiger partial charge in [0.2, 0.25) is 0 Å². The van der Waals surface area contributed by atoms with Crippen molar-refractivity contribution in [3.05, 3.63) is 36.0 Å². The molecule has 1 aliphatic heterocycles. The maximum atomic E-state index is 12.9. The molecule has 29 heavy (non-hydrogen) atoms. The van der Waals surface area contributed by atoms with E-state index in [0.717, 1.165) is 57.1 Å². The van der Waals surface area contributed by atoms with Crippen LogP contribution in [-0.2, 0) is 14.3 Å². The van der Waals surface area contributed by atoms with Crippen molar-refractivity contribution < 1.29 is 14.3 Å². The Kier molecular flexibility index (Phi) is 4.71. The summed E-state index contributed by atoms with van der Waals surface area (Å²) in [6, 6.07) is 0. The van der Waals surface area contributed by atoms with E-state index < -0.39 is 0 Å². The summed E-state index contributed by atoms with van der Waals surface area (Å²) in [4.78, 5) is 12.9. The predicted molar refractivity (Wildman–Crippen MR) is 114 cm³/mol. The van der Waals surface area contributed by atoms with Crippen LogP contribution < -0.4 is 0 Å². The maximum Gasteiger partial charge on any atom is 0.169 e. The van der Waals surface area contributed by atoms with E-state index in [4.69, 9.17) is 9.47 Å². The van der Waals surface area contributed by atoms with Crippen LogP contribution in [0.15, 0.2) is 36.0 Å². The van der Waals surface area contributed by atoms with Gasteiger partial charge in [-0.1, -0.05) is 38.7 Å². The third-order valence-corrected chi connectivity index (χ3v) is 9.27. The van der Waals surface area contributed by atoms with Crippen LogP contribution in [0, 0.1) is 28.6 Å². The molecule has 0 aromatic heterocycles. The van der Waals surface area contributed by atoms with Gasteiger partial charge in [0.25, 0.3) is 0 Å². The molecule has 0 aromatic rings. The van der Waals surface area contributed by atoms with Gasteiger partial charge in [-0.25, -0.2) is 0 Å². The Morgan fingerprint density at radius 1 is 1.10 bits per heavy atom. The van der Waals surface area contributed by atoms with Crippen LogP contribution in [0.5, 0.6) is 0 Å². The van der Waals surface area contributed by atoms with Gasteiger partial charge in [-0.2, -0.15) is 0 Å². The lowest BCUT2D eigenvalue weighted by Crippen LogP contribution is -2.51. The fourth-order valence-electron chi connectivity index (χ4n) is 7.57. The SMILES string of the molecule is C=C1C(=C)[C@H]2[C@@H]3CC=C4CC(OC5CCCCO5)CC[C@]4(C)[C@@H]3CC[C@]2(C)C1=O. The van der Waals surface area contributed by atoms with Gasteiger partial charge in [0.05, 0.1) is 6.10 Å². The van der Waals surface area contributed by atoms with Crippen molar-refractivity contribution >= 4 is 5.78 Å². The van der Waals surface area contributed by atoms with E-state index in [9.17, 15) is 4.79 Å². The Morgan fingerprint density at radius 3 is 2.66 bits per heavy atom. The van der Waals surface area contributed by atoms with Gasteiger partial charge in [-0.15, -0.1) is 0 Å². The Bertz CT molecular complexity index is 773. The van der Waals surface area contributed by atoms with Gasteiger partial charge >= 0.3 is 0 Å². The van der Waals surface area contributed by atoms with Crippen LogP contribution in [-0.4, -0.2) is 24.8 Å². The Morgan fingerprint density at radius 2 is 1.90 bits per heavy atom. The molecule has 4 aliphatic carbocycles. The second-order valence-electron chi connectivity index (χ2n) is 10.7. The minimum Gasteiger partial charge on any atom is -0.353 e. The monoisotopic (exact) mass is 396 g/mol. The molecule has 0 amide bonds. The lowest BCUT2D eigenvalue weighted by Gasteiger charge is -2.57. The molecule has 1 saturated heterocycles. The highest BCUT2D eigenvalue weighted by molar-refractivity contribution is 6.07. The molecule has 158 valence electrons. The molecule has 7 atom stereocenters. The summed E-state index contributed by atoms with van der Waals surface area (Å²) in [5, 5.41) is 0. The minimum atomic E-state index is -0.268. The highest BCUT2D eigenvalue weighted by Crippen LogP contribution is 2.65. The zero-order chi connectivity index (χ0) is 20.4. The van der Waals surface area contributed by atoms with E-state index in [0.29, 0.717) is 23.5 Å². The molecule has 3 saturated carbocycles. The number of hydrogen-bond donors (Lipinski definition) is 0. The van der Waals surface area contributed by atoms with Crippen molar-refractivity contribution in [3.8, 4) is 0 Å². The van der Waals surface area contributed by atoms with Gasteiger partial charge in [0, 0.05) is 23.5 Å². The number of allylic oxidation sites excluding steroid dienone is 3. The summed E-state index contributed by atoms with van der Waals surface area (Å²) in [5.41, 5.74) is 3.30. The lowest BCUT2D eigenvalue weighted by atomic mass is 9.48. The third kappa shape index (κ3) is 2.87. The number of ketones is 1. The van der Waals surface area contributed by atoms with E-state index in [-0.39, 0.29) is 28.8 Å². The van der Waals surface area contributed by atoms with Crippen LogP contribution in [0.2, 0.25) is 0 Å². The number of ether oxygens (including phenoxy) is 2. The zero-order valence-electron chi connectivity index (χ0n) is 18.2. The van der Waals surface area contributed by atoms with Gasteiger partial charge in [0.15, 0.2) is 12.1 Å². The van der Waals surface area contributed by atoms with Gasteiger partial charge in [0.1, 0.15) is 0 Å². The van der Waals surface area contributed by atoms with Crippen molar-refractivity contribution in [2.24, 2.45) is 28.6 Å². The molecule has 5 aliphatic rings. The summed E-state index contributed by atoms with van der Waals surface area (Å²) in [6.07, 6.45) is 12.8. The second kappa shape index (κ2) is 6.92. The Balaban J connectivity index is 1.37. The largest absolute Gasteiger partial charge is 0.353 e. The standard InChI is InChI=1S/C26H36O3/c1-16-17(2)24(27)26(4)13-11-21-20(23(16)26)9-8-18-15-19(10-12-25(18,21)3)29-22-7-5-6-14-28-22/h8,19-23H,1-2,5-7,9-15H2,3-4H3/t19?,20-,21-,22?,23+,25+,26+/m1/s1. The average molecular weight is 397 g/mol. The van der Waals surface area contributed by atoms with Crippen molar-refractivity contribution in [1.82, 2.24) is 0 Å². The molecule has 3 heteroatoms. The van der Waals surface area contributed by atoms with Crippen LogP contribution in [0.25, 0.3) is 0 Å². The molecular weight excluding hydrogens is 360 g/mol. The molecule has 4 fully saturated rings. The highest BCUT2D eigenvalue weighted by Gasteiger charge is 2.61. The number of Topliss-reactive ketones (excluding diaryl/α,β-unsaturated/α-hetero) is 1. The molecular formula is C26H36O3. The van der Waals surface area contributed by atoms with Crippen molar-refractivity contribution in [1.29, 1.82) is 0 Å². The van der Waals surface area contributed by atoms with Crippen LogP contribution in [0.1, 0.15) is 71.6 Å². The summed E-state index contributed by atoms with van der Waals surface area (Å²) in [5.74, 6) is 1.70. The van der Waals surface area contributed by atoms with Crippen molar-refractivity contribution in [3.63, 3.8) is 0 Å². The molecule has 0 N–H and O–H groups in total. The highest BCUT2D eigenvalue weighted by atomic mass is 16.7. The van der Waals surface area contributed by atoms with E-state index in [1.807, 2.05) is 0 Å². The first kappa shape index (κ1) is 19.8. The fourth-order valence-corrected chi connectivity index (χ4v) is 7.57. The first-order valence-corrected chi connectivity index (χ1v) is 11.7. The molecule has 0 spiro atoms. The summed E-state index contributed by atoms with van der Waals surface area (Å²) < 4.78 is 12.2. The Hall–Kier alpha value is -1.19. The van der Waals surface area contributed by atoms with Gasteiger partial charge < -0.3 is 9.47 Å². The third-order valence-electron chi connectivity index (χ3n) is 9.27. The summed E-state index contributed by atoms with van der Waals surface area (Å²) in [7, 11) is 0. The fraction of sp³-hybridized carbons (Fsp3) is 0.731. The maximum absolute atomic E-state index is 12.9. The predicted octanol–water partition coefficient (Wildman–Crippen LogP) is 5.76. The first-order valence-electron chi connectivity index (χ1n) is 11.7. The van der Waals surface area contributed by atoms with Crippen LogP contribution in [0.4, 0.5) is 0 Å². The Labute approximate surface area is 175 Å². The molecule has 0 radical (unpaired) electrons.